The third-order valence-corrected chi connectivity index (χ3v) is 5.04. The number of carbonyl (C=O) groups excluding carboxylic acids is 1. The molecule has 27 heavy (non-hydrogen) atoms. The number of rotatable bonds is 6. The number of hydrogen-bond acceptors (Lipinski definition) is 5. The first-order chi connectivity index (χ1) is 12.5. The summed E-state index contributed by atoms with van der Waals surface area (Å²) in [6.07, 6.45) is 1.36. The van der Waals surface area contributed by atoms with E-state index in [2.05, 4.69) is 15.0 Å². The molecule has 8 heteroatoms. The number of benzene rings is 1. The third kappa shape index (κ3) is 6.04. The number of hydrogen-bond donors (Lipinski definition) is 2. The zero-order valence-corrected chi connectivity index (χ0v) is 16.9. The Balaban J connectivity index is 2.24. The van der Waals surface area contributed by atoms with Crippen LogP contribution in [0.1, 0.15) is 45.0 Å². The van der Waals surface area contributed by atoms with Gasteiger partial charge in [-0.25, -0.2) is 18.1 Å². The average molecular weight is 391 g/mol. The van der Waals surface area contributed by atoms with Crippen LogP contribution in [0.2, 0.25) is 0 Å². The van der Waals surface area contributed by atoms with Gasteiger partial charge in [0.2, 0.25) is 15.9 Å². The van der Waals surface area contributed by atoms with E-state index in [1.165, 1.54) is 12.3 Å². The van der Waals surface area contributed by atoms with Crippen molar-refractivity contribution in [3.05, 3.63) is 48.2 Å². The van der Waals surface area contributed by atoms with E-state index in [1.807, 2.05) is 13.8 Å². The summed E-state index contributed by atoms with van der Waals surface area (Å²) in [5.41, 5.74) is -0.157. The minimum atomic E-state index is -3.80. The van der Waals surface area contributed by atoms with Gasteiger partial charge in [-0.2, -0.15) is 0 Å². The number of pyridine rings is 1. The Bertz CT molecular complexity index is 901. The predicted molar refractivity (Wildman–Crippen MR) is 104 cm³/mol. The van der Waals surface area contributed by atoms with E-state index in [0.717, 1.165) is 0 Å². The molecular formula is C19H25N3O4S. The van der Waals surface area contributed by atoms with Crippen molar-refractivity contribution in [2.75, 3.05) is 5.32 Å². The second-order valence-electron chi connectivity index (χ2n) is 7.36. The van der Waals surface area contributed by atoms with E-state index in [1.54, 1.807) is 51.1 Å². The molecule has 1 aromatic carbocycles. The standard InChI is InChI=1S/C19H25N3O4S/c1-13(2)26-17-11-10-14(12-20-17)18(23)21-15-8-6-7-9-16(15)27(24,25)22-19(3,4)5/h6-13,22H,1-5H3,(H,21,23). The highest BCUT2D eigenvalue weighted by Crippen LogP contribution is 2.23. The van der Waals surface area contributed by atoms with Crippen molar-refractivity contribution in [1.29, 1.82) is 0 Å². The largest absolute Gasteiger partial charge is 0.475 e. The van der Waals surface area contributed by atoms with Gasteiger partial charge < -0.3 is 10.1 Å². The maximum Gasteiger partial charge on any atom is 0.257 e. The van der Waals surface area contributed by atoms with Crippen LogP contribution >= 0.6 is 0 Å². The van der Waals surface area contributed by atoms with Crippen LogP contribution in [0.3, 0.4) is 0 Å². The molecule has 0 saturated heterocycles. The van der Waals surface area contributed by atoms with Gasteiger partial charge in [-0.15, -0.1) is 0 Å². The van der Waals surface area contributed by atoms with Crippen molar-refractivity contribution in [3.63, 3.8) is 0 Å². The number of para-hydroxylation sites is 1. The van der Waals surface area contributed by atoms with Gasteiger partial charge in [0, 0.05) is 17.8 Å². The number of amides is 1. The molecule has 0 bridgehead atoms. The first-order valence-corrected chi connectivity index (χ1v) is 10.0. The minimum Gasteiger partial charge on any atom is -0.475 e. The van der Waals surface area contributed by atoms with E-state index in [9.17, 15) is 13.2 Å². The summed E-state index contributed by atoms with van der Waals surface area (Å²) in [6.45, 7) is 9.01. The third-order valence-electron chi connectivity index (χ3n) is 3.22. The molecule has 0 aliphatic carbocycles. The van der Waals surface area contributed by atoms with Crippen molar-refractivity contribution in [3.8, 4) is 5.88 Å². The molecule has 0 unspecified atom stereocenters. The number of nitrogens with one attached hydrogen (secondary N) is 2. The van der Waals surface area contributed by atoms with Crippen molar-refractivity contribution < 1.29 is 17.9 Å². The summed E-state index contributed by atoms with van der Waals surface area (Å²) in [5, 5.41) is 2.64. The molecule has 0 aliphatic heterocycles. The topological polar surface area (TPSA) is 97.4 Å². The Kier molecular flexibility index (Phi) is 6.22. The van der Waals surface area contributed by atoms with E-state index in [4.69, 9.17) is 4.74 Å². The van der Waals surface area contributed by atoms with Gasteiger partial charge in [-0.05, 0) is 52.8 Å². The van der Waals surface area contributed by atoms with E-state index >= 15 is 0 Å². The van der Waals surface area contributed by atoms with Gasteiger partial charge in [0.15, 0.2) is 0 Å². The predicted octanol–water partition coefficient (Wildman–Crippen LogP) is 3.20. The lowest BCUT2D eigenvalue weighted by molar-refractivity contribution is 0.102. The Hall–Kier alpha value is -2.45. The molecule has 0 aliphatic rings. The minimum absolute atomic E-state index is 0.000922. The second-order valence-corrected chi connectivity index (χ2v) is 9.01. The number of ether oxygens (including phenoxy) is 1. The molecule has 1 aromatic heterocycles. The fraction of sp³-hybridized carbons (Fsp3) is 0.368. The maximum atomic E-state index is 12.6. The molecule has 0 atom stereocenters. The summed E-state index contributed by atoms with van der Waals surface area (Å²) in [6, 6.07) is 9.42. The molecule has 0 spiro atoms. The fourth-order valence-electron chi connectivity index (χ4n) is 2.28. The Labute approximate surface area is 160 Å². The molecule has 0 saturated carbocycles. The fourth-order valence-corrected chi connectivity index (χ4v) is 3.87. The summed E-state index contributed by atoms with van der Waals surface area (Å²) >= 11 is 0. The monoisotopic (exact) mass is 391 g/mol. The highest BCUT2D eigenvalue weighted by atomic mass is 32.2. The van der Waals surface area contributed by atoms with Crippen molar-refractivity contribution >= 4 is 21.6 Å². The SMILES string of the molecule is CC(C)Oc1ccc(C(=O)Nc2ccccc2S(=O)(=O)NC(C)(C)C)cn1. The van der Waals surface area contributed by atoms with Crippen molar-refractivity contribution in [2.24, 2.45) is 0 Å². The normalized spacial score (nSPS) is 12.1. The summed E-state index contributed by atoms with van der Waals surface area (Å²) in [5.74, 6) is -0.0455. The van der Waals surface area contributed by atoms with Crippen LogP contribution in [0.4, 0.5) is 5.69 Å². The maximum absolute atomic E-state index is 12.6. The number of sulfonamides is 1. The quantitative estimate of drug-likeness (QED) is 0.788. The second kappa shape index (κ2) is 8.06. The van der Waals surface area contributed by atoms with Gasteiger partial charge in [-0.3, -0.25) is 4.79 Å². The zero-order chi connectivity index (χ0) is 20.2. The smallest absolute Gasteiger partial charge is 0.257 e. The lowest BCUT2D eigenvalue weighted by Gasteiger charge is -2.21. The Morgan fingerprint density at radius 1 is 1.11 bits per heavy atom. The van der Waals surface area contributed by atoms with Crippen LogP contribution in [-0.2, 0) is 10.0 Å². The number of nitrogens with zero attached hydrogens (tertiary/aromatic N) is 1. The Morgan fingerprint density at radius 3 is 2.33 bits per heavy atom. The molecule has 2 N–H and O–H groups in total. The molecule has 1 heterocycles. The van der Waals surface area contributed by atoms with Crippen LogP contribution in [0.5, 0.6) is 5.88 Å². The van der Waals surface area contributed by atoms with E-state index in [-0.39, 0.29) is 16.7 Å². The molecule has 1 amide bonds. The van der Waals surface area contributed by atoms with Crippen LogP contribution < -0.4 is 14.8 Å². The highest BCUT2D eigenvalue weighted by Gasteiger charge is 2.25. The van der Waals surface area contributed by atoms with Gasteiger partial charge in [-0.1, -0.05) is 12.1 Å². The van der Waals surface area contributed by atoms with Crippen molar-refractivity contribution in [1.82, 2.24) is 9.71 Å². The first-order valence-electron chi connectivity index (χ1n) is 8.55. The van der Waals surface area contributed by atoms with Crippen LogP contribution in [-0.4, -0.2) is 31.0 Å². The number of anilines is 1. The molecule has 2 rings (SSSR count). The highest BCUT2D eigenvalue weighted by molar-refractivity contribution is 7.89. The summed E-state index contributed by atoms with van der Waals surface area (Å²) in [4.78, 5) is 16.6. The van der Waals surface area contributed by atoms with E-state index in [0.29, 0.717) is 11.4 Å². The number of aromatic nitrogens is 1. The van der Waals surface area contributed by atoms with E-state index < -0.39 is 21.5 Å². The van der Waals surface area contributed by atoms with Gasteiger partial charge in [0.05, 0.1) is 17.4 Å². The average Bonchev–Trinajstić information content (AvgIpc) is 2.53. The summed E-state index contributed by atoms with van der Waals surface area (Å²) < 4.78 is 33.3. The van der Waals surface area contributed by atoms with Crippen molar-refractivity contribution in [2.45, 2.75) is 51.2 Å². The van der Waals surface area contributed by atoms with Gasteiger partial charge in [0.1, 0.15) is 4.90 Å². The van der Waals surface area contributed by atoms with Gasteiger partial charge in [0.25, 0.3) is 5.91 Å². The lowest BCUT2D eigenvalue weighted by Crippen LogP contribution is -2.40. The molecule has 146 valence electrons. The van der Waals surface area contributed by atoms with Crippen LogP contribution in [0.15, 0.2) is 47.5 Å². The lowest BCUT2D eigenvalue weighted by atomic mass is 10.1. The molecule has 2 aromatic rings. The number of carbonyl (C=O) groups is 1. The Morgan fingerprint density at radius 2 is 1.78 bits per heavy atom. The summed E-state index contributed by atoms with van der Waals surface area (Å²) in [7, 11) is -3.80. The molecule has 7 nitrogen and oxygen atoms in total. The van der Waals surface area contributed by atoms with Crippen LogP contribution in [0.25, 0.3) is 0 Å². The zero-order valence-electron chi connectivity index (χ0n) is 16.1. The van der Waals surface area contributed by atoms with Gasteiger partial charge >= 0.3 is 0 Å². The molecule has 0 radical (unpaired) electrons. The molecule has 0 fully saturated rings. The van der Waals surface area contributed by atoms with Crippen LogP contribution in [0, 0.1) is 0 Å². The molecular weight excluding hydrogens is 366 g/mol. The first kappa shape index (κ1) is 20.9.